The molecule has 7 heteroatoms. The van der Waals surface area contributed by atoms with E-state index in [2.05, 4.69) is 20.8 Å². The summed E-state index contributed by atoms with van der Waals surface area (Å²) < 4.78 is 0. The van der Waals surface area contributed by atoms with Crippen LogP contribution in [0.5, 0.6) is 0 Å². The summed E-state index contributed by atoms with van der Waals surface area (Å²) in [5.41, 5.74) is 0.957. The van der Waals surface area contributed by atoms with Gasteiger partial charge in [0.15, 0.2) is 0 Å². The molecule has 0 fully saturated rings. The standard InChI is InChI=1S/C11H12N4O2S/c16-7-6-12-10(17)13-11-15-14-9(18-11)8-4-2-1-3-5-8/h1-5,16H,6-7H2,(H2,12,13,15,17). The minimum absolute atomic E-state index is 0.0984. The lowest BCUT2D eigenvalue weighted by Crippen LogP contribution is -2.30. The molecule has 0 bridgehead atoms. The van der Waals surface area contributed by atoms with Crippen molar-refractivity contribution in [2.75, 3.05) is 18.5 Å². The predicted octanol–water partition coefficient (Wildman–Crippen LogP) is 1.32. The first-order chi connectivity index (χ1) is 8.79. The van der Waals surface area contributed by atoms with E-state index in [4.69, 9.17) is 5.11 Å². The first-order valence-electron chi connectivity index (χ1n) is 5.34. The van der Waals surface area contributed by atoms with E-state index < -0.39 is 6.03 Å². The number of aliphatic hydroxyl groups excluding tert-OH is 1. The van der Waals surface area contributed by atoms with Gasteiger partial charge < -0.3 is 10.4 Å². The highest BCUT2D eigenvalue weighted by molar-refractivity contribution is 7.18. The van der Waals surface area contributed by atoms with Crippen LogP contribution in [0.15, 0.2) is 30.3 Å². The van der Waals surface area contributed by atoms with Gasteiger partial charge in [-0.15, -0.1) is 10.2 Å². The van der Waals surface area contributed by atoms with Crippen molar-refractivity contribution in [2.24, 2.45) is 0 Å². The van der Waals surface area contributed by atoms with Gasteiger partial charge in [-0.05, 0) is 0 Å². The van der Waals surface area contributed by atoms with Gasteiger partial charge in [-0.2, -0.15) is 0 Å². The topological polar surface area (TPSA) is 87.1 Å². The number of aromatic nitrogens is 2. The molecule has 0 unspecified atom stereocenters. The molecule has 0 aliphatic carbocycles. The van der Waals surface area contributed by atoms with Gasteiger partial charge in [0.1, 0.15) is 5.01 Å². The maximum atomic E-state index is 11.3. The molecule has 1 aromatic heterocycles. The van der Waals surface area contributed by atoms with Crippen LogP contribution in [0, 0.1) is 0 Å². The lowest BCUT2D eigenvalue weighted by Gasteiger charge is -2.01. The zero-order valence-corrected chi connectivity index (χ0v) is 10.3. The number of rotatable bonds is 4. The molecule has 18 heavy (non-hydrogen) atoms. The van der Waals surface area contributed by atoms with E-state index in [1.54, 1.807) is 0 Å². The second-order valence-corrected chi connectivity index (χ2v) is 4.36. The number of hydrogen-bond acceptors (Lipinski definition) is 5. The van der Waals surface area contributed by atoms with Crippen molar-refractivity contribution in [1.29, 1.82) is 0 Å². The van der Waals surface area contributed by atoms with E-state index in [0.29, 0.717) is 5.13 Å². The molecule has 2 aromatic rings. The van der Waals surface area contributed by atoms with E-state index in [1.807, 2.05) is 30.3 Å². The second kappa shape index (κ2) is 6.08. The van der Waals surface area contributed by atoms with Gasteiger partial charge in [0, 0.05) is 12.1 Å². The molecule has 6 nitrogen and oxygen atoms in total. The Morgan fingerprint density at radius 1 is 1.28 bits per heavy atom. The third-order valence-electron chi connectivity index (χ3n) is 2.06. The molecule has 94 valence electrons. The molecule has 0 spiro atoms. The third kappa shape index (κ3) is 3.25. The Labute approximate surface area is 108 Å². The van der Waals surface area contributed by atoms with Crippen LogP contribution in [0.1, 0.15) is 0 Å². The number of amides is 2. The number of urea groups is 1. The van der Waals surface area contributed by atoms with Crippen molar-refractivity contribution in [3.05, 3.63) is 30.3 Å². The summed E-state index contributed by atoms with van der Waals surface area (Å²) in [6, 6.07) is 9.20. The molecule has 0 atom stereocenters. The number of anilines is 1. The highest BCUT2D eigenvalue weighted by Gasteiger charge is 2.08. The van der Waals surface area contributed by atoms with Crippen molar-refractivity contribution in [2.45, 2.75) is 0 Å². The van der Waals surface area contributed by atoms with Crippen LogP contribution in [0.4, 0.5) is 9.93 Å². The fourth-order valence-corrected chi connectivity index (χ4v) is 2.03. The molecule has 3 N–H and O–H groups in total. The van der Waals surface area contributed by atoms with Crippen LogP contribution in [-0.2, 0) is 0 Å². The number of benzene rings is 1. The molecule has 0 saturated heterocycles. The Morgan fingerprint density at radius 2 is 2.06 bits per heavy atom. The Morgan fingerprint density at radius 3 is 2.78 bits per heavy atom. The zero-order chi connectivity index (χ0) is 12.8. The average molecular weight is 264 g/mol. The highest BCUT2D eigenvalue weighted by Crippen LogP contribution is 2.25. The van der Waals surface area contributed by atoms with Gasteiger partial charge in [0.05, 0.1) is 6.61 Å². The van der Waals surface area contributed by atoms with Gasteiger partial charge in [-0.25, -0.2) is 4.79 Å². The molecule has 2 rings (SSSR count). The molecule has 0 aliphatic heterocycles. The van der Waals surface area contributed by atoms with Gasteiger partial charge in [-0.1, -0.05) is 41.7 Å². The lowest BCUT2D eigenvalue weighted by molar-refractivity contribution is 0.245. The van der Waals surface area contributed by atoms with E-state index >= 15 is 0 Å². The molecule has 1 aromatic carbocycles. The summed E-state index contributed by atoms with van der Waals surface area (Å²) in [6.07, 6.45) is 0. The number of nitrogens with zero attached hydrogens (tertiary/aromatic N) is 2. The smallest absolute Gasteiger partial charge is 0.321 e. The van der Waals surface area contributed by atoms with Crippen LogP contribution in [0.2, 0.25) is 0 Å². The molecular weight excluding hydrogens is 252 g/mol. The molecule has 2 amide bonds. The minimum atomic E-state index is -0.403. The highest BCUT2D eigenvalue weighted by atomic mass is 32.1. The second-order valence-electron chi connectivity index (χ2n) is 3.38. The molecular formula is C11H12N4O2S. The van der Waals surface area contributed by atoms with E-state index in [1.165, 1.54) is 11.3 Å². The normalized spacial score (nSPS) is 10.1. The first kappa shape index (κ1) is 12.5. The Bertz CT molecular complexity index is 515. The fraction of sp³-hybridized carbons (Fsp3) is 0.182. The quantitative estimate of drug-likeness (QED) is 0.777. The monoisotopic (exact) mass is 264 g/mol. The maximum absolute atomic E-state index is 11.3. The Kier molecular flexibility index (Phi) is 4.21. The maximum Gasteiger partial charge on any atom is 0.321 e. The van der Waals surface area contributed by atoms with Crippen LogP contribution in [-0.4, -0.2) is 34.5 Å². The fourth-order valence-electron chi connectivity index (χ4n) is 1.28. The number of nitrogens with one attached hydrogen (secondary N) is 2. The molecule has 1 heterocycles. The molecule has 0 radical (unpaired) electrons. The largest absolute Gasteiger partial charge is 0.395 e. The molecule has 0 aliphatic rings. The summed E-state index contributed by atoms with van der Waals surface area (Å²) >= 11 is 1.29. The summed E-state index contributed by atoms with van der Waals surface area (Å²) in [5, 5.41) is 22.6. The van der Waals surface area contributed by atoms with Gasteiger partial charge >= 0.3 is 6.03 Å². The summed E-state index contributed by atoms with van der Waals surface area (Å²) in [4.78, 5) is 11.3. The first-order valence-corrected chi connectivity index (χ1v) is 6.16. The Hall–Kier alpha value is -1.99. The van der Waals surface area contributed by atoms with E-state index in [-0.39, 0.29) is 13.2 Å². The summed E-state index contributed by atoms with van der Waals surface area (Å²) in [6.45, 7) is 0.106. The number of aliphatic hydroxyl groups is 1. The number of hydrogen-bond donors (Lipinski definition) is 3. The lowest BCUT2D eigenvalue weighted by atomic mass is 10.2. The average Bonchev–Trinajstić information content (AvgIpc) is 2.86. The predicted molar refractivity (Wildman–Crippen MR) is 69.5 cm³/mol. The van der Waals surface area contributed by atoms with Crippen molar-refractivity contribution < 1.29 is 9.90 Å². The van der Waals surface area contributed by atoms with Crippen molar-refractivity contribution in [3.8, 4) is 10.6 Å². The number of carbonyl (C=O) groups is 1. The number of carbonyl (C=O) groups excluding carboxylic acids is 1. The minimum Gasteiger partial charge on any atom is -0.395 e. The third-order valence-corrected chi connectivity index (χ3v) is 2.95. The van der Waals surface area contributed by atoms with Gasteiger partial charge in [-0.3, -0.25) is 5.32 Å². The van der Waals surface area contributed by atoms with Gasteiger partial charge in [0.2, 0.25) is 5.13 Å². The Balaban J connectivity index is 2.00. The van der Waals surface area contributed by atoms with Crippen LogP contribution >= 0.6 is 11.3 Å². The van der Waals surface area contributed by atoms with E-state index in [0.717, 1.165) is 10.6 Å². The summed E-state index contributed by atoms with van der Waals surface area (Å²) in [7, 11) is 0. The van der Waals surface area contributed by atoms with Crippen molar-refractivity contribution in [3.63, 3.8) is 0 Å². The van der Waals surface area contributed by atoms with Crippen molar-refractivity contribution in [1.82, 2.24) is 15.5 Å². The zero-order valence-electron chi connectivity index (χ0n) is 9.46. The van der Waals surface area contributed by atoms with Crippen LogP contribution in [0.25, 0.3) is 10.6 Å². The SMILES string of the molecule is O=C(NCCO)Nc1nnc(-c2ccccc2)s1. The van der Waals surface area contributed by atoms with Crippen molar-refractivity contribution >= 4 is 22.5 Å². The van der Waals surface area contributed by atoms with Crippen LogP contribution in [0.3, 0.4) is 0 Å². The molecule has 0 saturated carbocycles. The van der Waals surface area contributed by atoms with E-state index in [9.17, 15) is 4.79 Å². The van der Waals surface area contributed by atoms with Gasteiger partial charge in [0.25, 0.3) is 0 Å². The van der Waals surface area contributed by atoms with Crippen LogP contribution < -0.4 is 10.6 Å². The summed E-state index contributed by atoms with van der Waals surface area (Å²) in [5.74, 6) is 0.